The highest BCUT2D eigenvalue weighted by molar-refractivity contribution is 8.21. The lowest BCUT2D eigenvalue weighted by atomic mass is 10.00. The van der Waals surface area contributed by atoms with Gasteiger partial charge in [0.2, 0.25) is 23.0 Å². The third-order valence-electron chi connectivity index (χ3n) is 8.27. The van der Waals surface area contributed by atoms with E-state index in [0.29, 0.717) is 37.2 Å². The molecule has 1 aromatic heterocycles. The van der Waals surface area contributed by atoms with Gasteiger partial charge in [-0.05, 0) is 76.5 Å². The summed E-state index contributed by atoms with van der Waals surface area (Å²) in [6.45, 7) is 3.32. The number of hydrogen-bond acceptors (Lipinski definition) is 7. The predicted octanol–water partition coefficient (Wildman–Crippen LogP) is 5.02. The molecule has 218 valence electrons. The predicted molar refractivity (Wildman–Crippen MR) is 149 cm³/mol. The number of carbonyl (C=O) groups excluding carboxylic acids is 2. The highest BCUT2D eigenvalue weighted by Gasteiger charge is 2.39. The molecule has 2 saturated heterocycles. The number of carbonyl (C=O) groups is 2. The van der Waals surface area contributed by atoms with E-state index in [1.54, 1.807) is 34.1 Å². The van der Waals surface area contributed by atoms with E-state index in [4.69, 9.17) is 0 Å². The summed E-state index contributed by atoms with van der Waals surface area (Å²) in [5.41, 5.74) is 1.08. The van der Waals surface area contributed by atoms with Gasteiger partial charge >= 0.3 is 0 Å². The van der Waals surface area contributed by atoms with Crippen molar-refractivity contribution in [1.29, 1.82) is 0 Å². The molecule has 5 rings (SSSR count). The van der Waals surface area contributed by atoms with Crippen LogP contribution in [-0.2, 0) is 4.79 Å². The fourth-order valence-electron chi connectivity index (χ4n) is 5.66. The van der Waals surface area contributed by atoms with Crippen LogP contribution in [-0.4, -0.2) is 88.8 Å². The molecule has 2 atom stereocenters. The second-order valence-electron chi connectivity index (χ2n) is 10.9. The molecule has 9 nitrogen and oxygen atoms in total. The summed E-state index contributed by atoms with van der Waals surface area (Å²) in [5.74, 6) is -0.729. The molecule has 1 aliphatic carbocycles. The van der Waals surface area contributed by atoms with Crippen LogP contribution in [0.2, 0.25) is 0 Å². The van der Waals surface area contributed by atoms with Gasteiger partial charge in [-0.2, -0.15) is 4.98 Å². The summed E-state index contributed by atoms with van der Waals surface area (Å²) < 4.78 is 41.7. The van der Waals surface area contributed by atoms with Crippen molar-refractivity contribution in [2.24, 2.45) is 5.92 Å². The Labute approximate surface area is 234 Å². The summed E-state index contributed by atoms with van der Waals surface area (Å²) in [7, 11) is 3.90. The van der Waals surface area contributed by atoms with Crippen molar-refractivity contribution in [2.45, 2.75) is 55.5 Å². The first-order valence-corrected chi connectivity index (χ1v) is 15.1. The quantitative estimate of drug-likeness (QED) is 0.454. The second kappa shape index (κ2) is 11.8. The largest absolute Gasteiger partial charge is 0.365 e. The van der Waals surface area contributed by atoms with Gasteiger partial charge in [-0.15, -0.1) is 11.7 Å². The van der Waals surface area contributed by atoms with E-state index in [1.807, 2.05) is 7.05 Å². The molecule has 40 heavy (non-hydrogen) atoms. The number of hydrogen-bond donors (Lipinski definition) is 2. The van der Waals surface area contributed by atoms with E-state index < -0.39 is 22.1 Å². The fraction of sp³-hybridized carbons (Fsp3) is 0.556. The minimum atomic E-state index is -5.60. The molecule has 13 heteroatoms. The van der Waals surface area contributed by atoms with Crippen LogP contribution in [0, 0.1) is 5.92 Å². The molecule has 2 amide bonds. The lowest BCUT2D eigenvalue weighted by molar-refractivity contribution is -0.139. The zero-order valence-corrected chi connectivity index (χ0v) is 23.6. The summed E-state index contributed by atoms with van der Waals surface area (Å²) in [6, 6.07) is 6.53. The Morgan fingerprint density at radius 2 is 1.70 bits per heavy atom. The molecule has 0 radical (unpaired) electrons. The van der Waals surface area contributed by atoms with Crippen LogP contribution >= 0.6 is 11.2 Å². The van der Waals surface area contributed by atoms with Gasteiger partial charge in [0.25, 0.3) is 5.91 Å². The van der Waals surface area contributed by atoms with Crippen LogP contribution in [0.5, 0.6) is 0 Å². The standard InChI is InChI=1S/C27H36F3N7O2S/c1-35-15-11-20(12-16-35)36(2)25(38)18-7-9-19(10-8-18)32-27-31-17-23(40(28,29)30)24(34-27)33-22-6-3-5-21(22)26(39)37-13-4-14-37/h7-10,17,20-22H,3-6,11-16H2,1-2H3,(H2,31,32,33,34). The minimum Gasteiger partial charge on any atom is -0.365 e. The molecule has 2 N–H and O–H groups in total. The minimum absolute atomic E-state index is 0.000960. The van der Waals surface area contributed by atoms with Crippen LogP contribution in [0.25, 0.3) is 0 Å². The highest BCUT2D eigenvalue weighted by atomic mass is 32.3. The lowest BCUT2D eigenvalue weighted by Gasteiger charge is -2.35. The first-order valence-electron chi connectivity index (χ1n) is 13.8. The molecule has 0 bridgehead atoms. The van der Waals surface area contributed by atoms with E-state index in [2.05, 4.69) is 32.5 Å². The fourth-order valence-corrected chi connectivity index (χ4v) is 6.15. The van der Waals surface area contributed by atoms with E-state index >= 15 is 0 Å². The molecule has 0 spiro atoms. The molecular weight excluding hydrogens is 543 g/mol. The Balaban J connectivity index is 1.28. The monoisotopic (exact) mass is 579 g/mol. The molecule has 2 aromatic rings. The lowest BCUT2D eigenvalue weighted by Crippen LogP contribution is -2.48. The maximum Gasteiger partial charge on any atom is 0.253 e. The smallest absolute Gasteiger partial charge is 0.253 e. The molecule has 1 saturated carbocycles. The number of amides is 2. The van der Waals surface area contributed by atoms with E-state index in [-0.39, 0.29) is 35.5 Å². The first-order chi connectivity index (χ1) is 19.1. The Kier molecular flexibility index (Phi) is 8.41. The number of nitrogens with one attached hydrogen (secondary N) is 2. The normalized spacial score (nSPS) is 22.5. The van der Waals surface area contributed by atoms with Gasteiger partial charge in [-0.3, -0.25) is 9.59 Å². The number of rotatable bonds is 8. The number of benzene rings is 1. The number of halogens is 3. The molecule has 2 unspecified atom stereocenters. The molecule has 1 aromatic carbocycles. The third-order valence-corrected chi connectivity index (χ3v) is 9.07. The molecule has 3 fully saturated rings. The van der Waals surface area contributed by atoms with Crippen molar-refractivity contribution in [3.63, 3.8) is 0 Å². The molecular formula is C27H36F3N7O2S. The maximum absolute atomic E-state index is 13.9. The summed E-state index contributed by atoms with van der Waals surface area (Å²) in [5, 5.41) is 5.91. The van der Waals surface area contributed by atoms with Gasteiger partial charge in [0.1, 0.15) is 4.90 Å². The Bertz CT molecular complexity index is 1220. The van der Waals surface area contributed by atoms with Crippen molar-refractivity contribution in [1.82, 2.24) is 24.7 Å². The highest BCUT2D eigenvalue weighted by Crippen LogP contribution is 2.62. The van der Waals surface area contributed by atoms with Crippen molar-refractivity contribution < 1.29 is 21.2 Å². The first kappa shape index (κ1) is 28.5. The van der Waals surface area contributed by atoms with Crippen molar-refractivity contribution in [2.75, 3.05) is 50.9 Å². The maximum atomic E-state index is 13.9. The molecule has 2 aliphatic heterocycles. The van der Waals surface area contributed by atoms with Crippen LogP contribution in [0.1, 0.15) is 48.9 Å². The third kappa shape index (κ3) is 6.30. The molecule has 3 heterocycles. The average molecular weight is 580 g/mol. The second-order valence-corrected chi connectivity index (χ2v) is 12.2. The number of likely N-dealkylation sites (tertiary alicyclic amines) is 2. The Morgan fingerprint density at radius 3 is 2.33 bits per heavy atom. The summed E-state index contributed by atoms with van der Waals surface area (Å²) in [6.07, 6.45) is 5.63. The van der Waals surface area contributed by atoms with E-state index in [9.17, 15) is 21.2 Å². The van der Waals surface area contributed by atoms with Crippen molar-refractivity contribution in [3.05, 3.63) is 36.0 Å². The van der Waals surface area contributed by atoms with Gasteiger partial charge in [-0.1, -0.05) is 6.42 Å². The Morgan fingerprint density at radius 1 is 1.00 bits per heavy atom. The van der Waals surface area contributed by atoms with Gasteiger partial charge in [0, 0.05) is 43.5 Å². The summed E-state index contributed by atoms with van der Waals surface area (Å²) >= 11 is -5.60. The van der Waals surface area contributed by atoms with E-state index in [0.717, 1.165) is 45.0 Å². The van der Waals surface area contributed by atoms with Crippen molar-refractivity contribution in [3.8, 4) is 0 Å². The van der Waals surface area contributed by atoms with Gasteiger partial charge in [-0.25, -0.2) is 4.98 Å². The van der Waals surface area contributed by atoms with Crippen LogP contribution in [0.15, 0.2) is 35.4 Å². The zero-order chi connectivity index (χ0) is 28.4. The van der Waals surface area contributed by atoms with Gasteiger partial charge in [0.05, 0.1) is 12.1 Å². The molecule has 3 aliphatic rings. The zero-order valence-electron chi connectivity index (χ0n) is 22.8. The van der Waals surface area contributed by atoms with Crippen molar-refractivity contribution >= 4 is 40.5 Å². The number of nitrogens with zero attached hydrogens (tertiary/aromatic N) is 5. The van der Waals surface area contributed by atoms with Crippen LogP contribution < -0.4 is 10.6 Å². The van der Waals surface area contributed by atoms with Gasteiger partial charge < -0.3 is 25.3 Å². The summed E-state index contributed by atoms with van der Waals surface area (Å²) in [4.78, 5) is 38.9. The van der Waals surface area contributed by atoms with E-state index in [1.165, 1.54) is 0 Å². The van der Waals surface area contributed by atoms with Gasteiger partial charge in [0.15, 0.2) is 5.82 Å². The number of aromatic nitrogens is 2. The van der Waals surface area contributed by atoms with Crippen LogP contribution in [0.4, 0.5) is 29.1 Å². The number of piperidine rings is 1. The topological polar surface area (TPSA) is 93.7 Å². The SMILES string of the molecule is CN1CCC(N(C)C(=O)c2ccc(Nc3ncc(S(F)(F)F)c(NC4CCCC4C(=O)N4CCC4)n3)cc2)CC1. The number of anilines is 3. The Hall–Kier alpha value is -3.06. The van der Waals surface area contributed by atoms with Crippen LogP contribution in [0.3, 0.4) is 0 Å². The average Bonchev–Trinajstić information content (AvgIpc) is 3.35.